The molecule has 98 valence electrons. The van der Waals surface area contributed by atoms with Crippen LogP contribution in [0.2, 0.25) is 0 Å². The van der Waals surface area contributed by atoms with Crippen molar-refractivity contribution in [2.24, 2.45) is 0 Å². The molecule has 1 heterocycles. The van der Waals surface area contributed by atoms with Crippen molar-refractivity contribution >= 4 is 17.6 Å². The van der Waals surface area contributed by atoms with Gasteiger partial charge in [-0.1, -0.05) is 6.92 Å². The average Bonchev–Trinajstić information content (AvgIpc) is 2.27. The molecule has 0 aliphatic carbocycles. The highest BCUT2D eigenvalue weighted by atomic mass is 16.6. The molecular formula is C10H14N4O4. The predicted molar refractivity (Wildman–Crippen MR) is 63.6 cm³/mol. The Morgan fingerprint density at radius 2 is 2.28 bits per heavy atom. The normalized spacial score (nSPS) is 10.1. The fourth-order valence-corrected chi connectivity index (χ4v) is 1.46. The fourth-order valence-electron chi connectivity index (χ4n) is 1.46. The zero-order valence-electron chi connectivity index (χ0n) is 10.2. The third-order valence-corrected chi connectivity index (χ3v) is 2.24. The monoisotopic (exact) mass is 254 g/mol. The highest BCUT2D eigenvalue weighted by Gasteiger charge is 2.17. The van der Waals surface area contributed by atoms with E-state index in [1.54, 1.807) is 0 Å². The molecule has 0 aliphatic rings. The largest absolute Gasteiger partial charge is 0.480 e. The summed E-state index contributed by atoms with van der Waals surface area (Å²) in [7, 11) is 0. The summed E-state index contributed by atoms with van der Waals surface area (Å²) < 4.78 is 0. The maximum atomic E-state index is 10.7. The van der Waals surface area contributed by atoms with Crippen LogP contribution in [0.5, 0.6) is 0 Å². The second-order valence-electron chi connectivity index (χ2n) is 3.71. The molecule has 0 atom stereocenters. The molecule has 0 saturated heterocycles. The SMILES string of the molecule is CCCN(CC(=O)O)c1ncc([N+](=O)[O-])c(C)n1. The second kappa shape index (κ2) is 5.89. The molecule has 8 heteroatoms. The fraction of sp³-hybridized carbons (Fsp3) is 0.500. The lowest BCUT2D eigenvalue weighted by Gasteiger charge is -2.19. The van der Waals surface area contributed by atoms with E-state index in [9.17, 15) is 14.9 Å². The Hall–Kier alpha value is -2.25. The zero-order valence-corrected chi connectivity index (χ0v) is 10.2. The molecule has 0 aromatic carbocycles. The van der Waals surface area contributed by atoms with E-state index in [4.69, 9.17) is 5.11 Å². The molecule has 0 saturated carbocycles. The number of carboxylic acid groups (broad SMARTS) is 1. The van der Waals surface area contributed by atoms with Crippen LogP contribution in [0, 0.1) is 17.0 Å². The number of aryl methyl sites for hydroxylation is 1. The first kappa shape index (κ1) is 13.8. The Bertz CT molecular complexity index is 463. The van der Waals surface area contributed by atoms with Gasteiger partial charge < -0.3 is 10.0 Å². The molecule has 18 heavy (non-hydrogen) atoms. The summed E-state index contributed by atoms with van der Waals surface area (Å²) in [5.74, 6) is -0.801. The van der Waals surface area contributed by atoms with Gasteiger partial charge in [0.15, 0.2) is 0 Å². The lowest BCUT2D eigenvalue weighted by molar-refractivity contribution is -0.386. The minimum atomic E-state index is -0.997. The first-order chi connectivity index (χ1) is 8.45. The third kappa shape index (κ3) is 3.37. The van der Waals surface area contributed by atoms with Crippen molar-refractivity contribution in [1.82, 2.24) is 9.97 Å². The van der Waals surface area contributed by atoms with E-state index in [0.717, 1.165) is 12.6 Å². The van der Waals surface area contributed by atoms with E-state index in [1.807, 2.05) is 6.92 Å². The van der Waals surface area contributed by atoms with E-state index in [0.29, 0.717) is 6.54 Å². The van der Waals surface area contributed by atoms with Crippen molar-refractivity contribution in [3.8, 4) is 0 Å². The van der Waals surface area contributed by atoms with Crippen LogP contribution in [0.25, 0.3) is 0 Å². The molecule has 0 amide bonds. The van der Waals surface area contributed by atoms with E-state index < -0.39 is 10.9 Å². The van der Waals surface area contributed by atoms with E-state index in [-0.39, 0.29) is 23.9 Å². The van der Waals surface area contributed by atoms with Crippen molar-refractivity contribution in [2.75, 3.05) is 18.0 Å². The van der Waals surface area contributed by atoms with Crippen molar-refractivity contribution in [3.63, 3.8) is 0 Å². The van der Waals surface area contributed by atoms with Gasteiger partial charge in [-0.15, -0.1) is 0 Å². The number of nitrogens with zero attached hydrogens (tertiary/aromatic N) is 4. The molecule has 1 N–H and O–H groups in total. The van der Waals surface area contributed by atoms with E-state index in [2.05, 4.69) is 9.97 Å². The van der Waals surface area contributed by atoms with Gasteiger partial charge in [0, 0.05) is 6.54 Å². The van der Waals surface area contributed by atoms with Gasteiger partial charge in [-0.3, -0.25) is 14.9 Å². The Labute approximate surface area is 103 Å². The minimum absolute atomic E-state index is 0.175. The van der Waals surface area contributed by atoms with Crippen LogP contribution in [-0.4, -0.2) is 39.1 Å². The first-order valence-electron chi connectivity index (χ1n) is 5.40. The van der Waals surface area contributed by atoms with Gasteiger partial charge in [0.2, 0.25) is 5.95 Å². The number of hydrogen-bond acceptors (Lipinski definition) is 6. The van der Waals surface area contributed by atoms with Crippen LogP contribution >= 0.6 is 0 Å². The highest BCUT2D eigenvalue weighted by molar-refractivity contribution is 5.72. The Balaban J connectivity index is 3.02. The number of nitro groups is 1. The maximum absolute atomic E-state index is 10.7. The summed E-state index contributed by atoms with van der Waals surface area (Å²) in [4.78, 5) is 30.1. The van der Waals surface area contributed by atoms with Crippen molar-refractivity contribution in [2.45, 2.75) is 20.3 Å². The summed E-state index contributed by atoms with van der Waals surface area (Å²) in [6.45, 7) is 3.63. The molecule has 1 aromatic rings. The van der Waals surface area contributed by atoms with Gasteiger partial charge in [0.1, 0.15) is 18.4 Å². The average molecular weight is 254 g/mol. The van der Waals surface area contributed by atoms with Gasteiger partial charge in [0.05, 0.1) is 4.92 Å². The second-order valence-corrected chi connectivity index (χ2v) is 3.71. The number of aromatic nitrogens is 2. The van der Waals surface area contributed by atoms with Gasteiger partial charge in [-0.2, -0.15) is 0 Å². The number of aliphatic carboxylic acids is 1. The molecular weight excluding hydrogens is 240 g/mol. The van der Waals surface area contributed by atoms with Crippen LogP contribution in [0.4, 0.5) is 11.6 Å². The van der Waals surface area contributed by atoms with Crippen LogP contribution in [0.3, 0.4) is 0 Å². The van der Waals surface area contributed by atoms with E-state index in [1.165, 1.54) is 11.8 Å². The third-order valence-electron chi connectivity index (χ3n) is 2.24. The molecule has 0 spiro atoms. The quantitative estimate of drug-likeness (QED) is 0.595. The number of anilines is 1. The van der Waals surface area contributed by atoms with E-state index >= 15 is 0 Å². The number of carbonyl (C=O) groups is 1. The molecule has 0 aliphatic heterocycles. The lowest BCUT2D eigenvalue weighted by atomic mass is 10.3. The minimum Gasteiger partial charge on any atom is -0.480 e. The predicted octanol–water partition coefficient (Wildman–Crippen LogP) is 0.994. The van der Waals surface area contributed by atoms with Crippen LogP contribution < -0.4 is 4.90 Å². The Morgan fingerprint density at radius 1 is 1.61 bits per heavy atom. The number of rotatable bonds is 6. The topological polar surface area (TPSA) is 109 Å². The summed E-state index contributed by atoms with van der Waals surface area (Å²) in [5.41, 5.74) is 0.0435. The number of carboxylic acids is 1. The molecule has 8 nitrogen and oxygen atoms in total. The summed E-state index contributed by atoms with van der Waals surface area (Å²) >= 11 is 0. The Kier molecular flexibility index (Phi) is 4.52. The maximum Gasteiger partial charge on any atom is 0.323 e. The van der Waals surface area contributed by atoms with Crippen molar-refractivity contribution < 1.29 is 14.8 Å². The van der Waals surface area contributed by atoms with Crippen LogP contribution in [0.15, 0.2) is 6.20 Å². The smallest absolute Gasteiger partial charge is 0.323 e. The lowest BCUT2D eigenvalue weighted by Crippen LogP contribution is -2.32. The molecule has 0 bridgehead atoms. The Morgan fingerprint density at radius 3 is 2.72 bits per heavy atom. The summed E-state index contributed by atoms with van der Waals surface area (Å²) in [6, 6.07) is 0. The molecule has 0 fully saturated rings. The summed E-state index contributed by atoms with van der Waals surface area (Å²) in [5, 5.41) is 19.4. The summed E-state index contributed by atoms with van der Waals surface area (Å²) in [6.07, 6.45) is 1.83. The van der Waals surface area contributed by atoms with Crippen molar-refractivity contribution in [3.05, 3.63) is 22.0 Å². The van der Waals surface area contributed by atoms with Crippen LogP contribution in [0.1, 0.15) is 19.0 Å². The zero-order chi connectivity index (χ0) is 13.7. The molecule has 1 rings (SSSR count). The van der Waals surface area contributed by atoms with Crippen LogP contribution in [-0.2, 0) is 4.79 Å². The van der Waals surface area contributed by atoms with Gasteiger partial charge in [0.25, 0.3) is 0 Å². The standard InChI is InChI=1S/C10H14N4O4/c1-3-4-13(6-9(15)16)10-11-5-8(14(17)18)7(2)12-10/h5H,3-4,6H2,1-2H3,(H,15,16). The van der Waals surface area contributed by atoms with Gasteiger partial charge in [-0.05, 0) is 13.3 Å². The number of hydrogen-bond donors (Lipinski definition) is 1. The first-order valence-corrected chi connectivity index (χ1v) is 5.40. The molecule has 0 radical (unpaired) electrons. The highest BCUT2D eigenvalue weighted by Crippen LogP contribution is 2.17. The molecule has 0 unspecified atom stereocenters. The van der Waals surface area contributed by atoms with Crippen molar-refractivity contribution in [1.29, 1.82) is 0 Å². The van der Waals surface area contributed by atoms with Gasteiger partial charge in [-0.25, -0.2) is 9.97 Å². The molecule has 1 aromatic heterocycles. The van der Waals surface area contributed by atoms with Gasteiger partial charge >= 0.3 is 11.7 Å².